The third kappa shape index (κ3) is 2.62. The van der Waals surface area contributed by atoms with E-state index in [4.69, 9.17) is 9.72 Å². The molecule has 0 radical (unpaired) electrons. The van der Waals surface area contributed by atoms with Crippen molar-refractivity contribution in [3.63, 3.8) is 0 Å². The summed E-state index contributed by atoms with van der Waals surface area (Å²) >= 11 is 1.89. The smallest absolute Gasteiger partial charge is 0.0957 e. The predicted molar refractivity (Wildman–Crippen MR) is 67.1 cm³/mol. The molecule has 0 atom stereocenters. The van der Waals surface area contributed by atoms with Crippen LogP contribution >= 0.6 is 11.3 Å². The Labute approximate surface area is 101 Å². The molecule has 0 bridgehead atoms. The molecule has 0 saturated carbocycles. The predicted octanol–water partition coefficient (Wildman–Crippen LogP) is 2.27. The first kappa shape index (κ1) is 12.0. The molecule has 1 aliphatic rings. The maximum atomic E-state index is 5.12. The van der Waals surface area contributed by atoms with Crippen LogP contribution in [0.3, 0.4) is 0 Å². The molecular formula is C12H20N2OS. The fourth-order valence-electron chi connectivity index (χ4n) is 1.93. The topological polar surface area (TPSA) is 25.4 Å². The maximum Gasteiger partial charge on any atom is 0.0957 e. The molecule has 1 aliphatic heterocycles. The summed E-state index contributed by atoms with van der Waals surface area (Å²) in [5.41, 5.74) is 1.34. The minimum atomic E-state index is 0.558. The first-order valence-electron chi connectivity index (χ1n) is 5.90. The molecule has 1 aromatic heterocycles. The third-order valence-electron chi connectivity index (χ3n) is 2.93. The van der Waals surface area contributed by atoms with Gasteiger partial charge in [-0.2, -0.15) is 0 Å². The Morgan fingerprint density at radius 1 is 1.50 bits per heavy atom. The highest BCUT2D eigenvalue weighted by atomic mass is 32.1. The zero-order valence-corrected chi connectivity index (χ0v) is 11.1. The van der Waals surface area contributed by atoms with E-state index in [2.05, 4.69) is 18.7 Å². The van der Waals surface area contributed by atoms with Crippen molar-refractivity contribution in [2.75, 3.05) is 26.8 Å². The lowest BCUT2D eigenvalue weighted by atomic mass is 10.2. The van der Waals surface area contributed by atoms with Crippen molar-refractivity contribution >= 4 is 11.3 Å². The summed E-state index contributed by atoms with van der Waals surface area (Å²) in [6, 6.07) is 0. The fraction of sp³-hybridized carbons (Fsp3) is 0.750. The van der Waals surface area contributed by atoms with Crippen LogP contribution in [-0.2, 0) is 17.7 Å². The number of methoxy groups -OCH3 is 1. The van der Waals surface area contributed by atoms with Gasteiger partial charge in [0, 0.05) is 44.0 Å². The van der Waals surface area contributed by atoms with E-state index in [1.165, 1.54) is 15.6 Å². The number of ether oxygens (including phenoxy) is 1. The summed E-state index contributed by atoms with van der Waals surface area (Å²) in [4.78, 5) is 8.64. The van der Waals surface area contributed by atoms with E-state index in [-0.39, 0.29) is 0 Å². The number of rotatable bonds is 4. The second-order valence-electron chi connectivity index (χ2n) is 4.60. The Morgan fingerprint density at radius 2 is 2.31 bits per heavy atom. The number of thiazole rings is 1. The summed E-state index contributed by atoms with van der Waals surface area (Å²) in [5.74, 6) is 0.558. The quantitative estimate of drug-likeness (QED) is 0.807. The van der Waals surface area contributed by atoms with Gasteiger partial charge in [0.05, 0.1) is 17.3 Å². The van der Waals surface area contributed by atoms with Crippen LogP contribution in [0.5, 0.6) is 0 Å². The monoisotopic (exact) mass is 240 g/mol. The van der Waals surface area contributed by atoms with Gasteiger partial charge in [0.1, 0.15) is 0 Å². The van der Waals surface area contributed by atoms with Gasteiger partial charge in [0.15, 0.2) is 0 Å². The molecule has 0 unspecified atom stereocenters. The fourth-order valence-corrected chi connectivity index (χ4v) is 3.08. The minimum Gasteiger partial charge on any atom is -0.383 e. The number of hydrogen-bond donors (Lipinski definition) is 0. The van der Waals surface area contributed by atoms with E-state index in [1.54, 1.807) is 7.11 Å². The highest BCUT2D eigenvalue weighted by Gasteiger charge is 2.20. The number of nitrogens with zero attached hydrogens (tertiary/aromatic N) is 2. The maximum absolute atomic E-state index is 5.12. The standard InChI is InChI=1S/C12H20N2OS/c1-9(2)12-13-10-4-5-14(6-7-15-3)8-11(10)16-12/h9H,4-8H2,1-3H3. The Bertz CT molecular complexity index is 349. The van der Waals surface area contributed by atoms with Crippen LogP contribution in [0.1, 0.15) is 35.3 Å². The molecule has 2 rings (SSSR count). The molecule has 0 amide bonds. The van der Waals surface area contributed by atoms with Crippen molar-refractivity contribution in [3.05, 3.63) is 15.6 Å². The van der Waals surface area contributed by atoms with Crippen molar-refractivity contribution in [2.45, 2.75) is 32.7 Å². The highest BCUT2D eigenvalue weighted by molar-refractivity contribution is 7.11. The highest BCUT2D eigenvalue weighted by Crippen LogP contribution is 2.28. The Morgan fingerprint density at radius 3 is 3.00 bits per heavy atom. The van der Waals surface area contributed by atoms with Gasteiger partial charge in [-0.05, 0) is 0 Å². The summed E-state index contributed by atoms with van der Waals surface area (Å²) < 4.78 is 5.12. The number of hydrogen-bond acceptors (Lipinski definition) is 4. The molecule has 0 N–H and O–H groups in total. The average Bonchev–Trinajstić information content (AvgIpc) is 2.69. The molecule has 0 aliphatic carbocycles. The van der Waals surface area contributed by atoms with Gasteiger partial charge in [-0.25, -0.2) is 4.98 Å². The first-order valence-corrected chi connectivity index (χ1v) is 6.72. The van der Waals surface area contributed by atoms with Gasteiger partial charge in [0.2, 0.25) is 0 Å². The molecule has 2 heterocycles. The Hall–Kier alpha value is -0.450. The molecule has 0 fully saturated rings. The summed E-state index contributed by atoms with van der Waals surface area (Å²) in [6.07, 6.45) is 1.10. The van der Waals surface area contributed by atoms with Crippen molar-refractivity contribution in [3.8, 4) is 0 Å². The van der Waals surface area contributed by atoms with Crippen LogP contribution in [0.4, 0.5) is 0 Å². The SMILES string of the molecule is COCCN1CCc2nc(C(C)C)sc2C1. The molecule has 0 spiro atoms. The molecule has 1 aromatic rings. The summed E-state index contributed by atoms with van der Waals surface area (Å²) in [7, 11) is 1.76. The third-order valence-corrected chi connectivity index (χ3v) is 4.32. The largest absolute Gasteiger partial charge is 0.383 e. The number of aromatic nitrogens is 1. The van der Waals surface area contributed by atoms with Crippen molar-refractivity contribution in [1.82, 2.24) is 9.88 Å². The van der Waals surface area contributed by atoms with Crippen LogP contribution in [0.25, 0.3) is 0 Å². The zero-order valence-electron chi connectivity index (χ0n) is 10.3. The molecular weight excluding hydrogens is 220 g/mol. The van der Waals surface area contributed by atoms with Crippen LogP contribution in [0, 0.1) is 0 Å². The summed E-state index contributed by atoms with van der Waals surface area (Å²) in [5, 5.41) is 1.29. The molecule has 0 aromatic carbocycles. The molecule has 0 saturated heterocycles. The second-order valence-corrected chi connectivity index (χ2v) is 5.71. The van der Waals surface area contributed by atoms with Crippen molar-refractivity contribution < 1.29 is 4.74 Å². The zero-order chi connectivity index (χ0) is 11.5. The van der Waals surface area contributed by atoms with Gasteiger partial charge in [-0.3, -0.25) is 4.90 Å². The van der Waals surface area contributed by atoms with Gasteiger partial charge >= 0.3 is 0 Å². The second kappa shape index (κ2) is 5.25. The van der Waals surface area contributed by atoms with Crippen LogP contribution < -0.4 is 0 Å². The van der Waals surface area contributed by atoms with Gasteiger partial charge in [-0.1, -0.05) is 13.8 Å². The van der Waals surface area contributed by atoms with E-state index in [9.17, 15) is 0 Å². The van der Waals surface area contributed by atoms with Crippen molar-refractivity contribution in [1.29, 1.82) is 0 Å². The summed E-state index contributed by atoms with van der Waals surface area (Å²) in [6.45, 7) is 8.47. The van der Waals surface area contributed by atoms with E-state index in [0.29, 0.717) is 5.92 Å². The lowest BCUT2D eigenvalue weighted by molar-refractivity contribution is 0.141. The molecule has 3 nitrogen and oxygen atoms in total. The van der Waals surface area contributed by atoms with Gasteiger partial charge in [0.25, 0.3) is 0 Å². The lowest BCUT2D eigenvalue weighted by Crippen LogP contribution is -2.32. The van der Waals surface area contributed by atoms with Gasteiger partial charge in [-0.15, -0.1) is 11.3 Å². The Balaban J connectivity index is 2.02. The van der Waals surface area contributed by atoms with E-state index < -0.39 is 0 Å². The lowest BCUT2D eigenvalue weighted by Gasteiger charge is -2.25. The average molecular weight is 240 g/mol. The first-order chi connectivity index (χ1) is 7.70. The molecule has 4 heteroatoms. The van der Waals surface area contributed by atoms with E-state index >= 15 is 0 Å². The Kier molecular flexibility index (Phi) is 3.95. The number of fused-ring (bicyclic) bond motifs is 1. The van der Waals surface area contributed by atoms with E-state index in [0.717, 1.165) is 32.7 Å². The van der Waals surface area contributed by atoms with Crippen molar-refractivity contribution in [2.24, 2.45) is 0 Å². The van der Waals surface area contributed by atoms with Crippen LogP contribution in [0.15, 0.2) is 0 Å². The van der Waals surface area contributed by atoms with Crippen LogP contribution in [0.2, 0.25) is 0 Å². The van der Waals surface area contributed by atoms with E-state index in [1.807, 2.05) is 11.3 Å². The molecule has 90 valence electrons. The van der Waals surface area contributed by atoms with Gasteiger partial charge < -0.3 is 4.74 Å². The normalized spacial score (nSPS) is 16.8. The van der Waals surface area contributed by atoms with Crippen LogP contribution in [-0.4, -0.2) is 36.7 Å². The minimum absolute atomic E-state index is 0.558. The molecule has 16 heavy (non-hydrogen) atoms.